The van der Waals surface area contributed by atoms with E-state index in [1.807, 2.05) is 6.07 Å². The number of hydrogen-bond acceptors (Lipinski definition) is 3. The highest BCUT2D eigenvalue weighted by atomic mass is 32.1. The van der Waals surface area contributed by atoms with Gasteiger partial charge in [0.1, 0.15) is 0 Å². The molecule has 2 rings (SSSR count). The van der Waals surface area contributed by atoms with Crippen LogP contribution in [0.25, 0.3) is 10.8 Å². The SMILES string of the molecule is SCc1ccc2cnncc2c1. The molecule has 1 aromatic heterocycles. The van der Waals surface area contributed by atoms with Gasteiger partial charge in [0.15, 0.2) is 0 Å². The topological polar surface area (TPSA) is 25.8 Å². The summed E-state index contributed by atoms with van der Waals surface area (Å²) in [5, 5.41) is 9.86. The summed E-state index contributed by atoms with van der Waals surface area (Å²) in [5.74, 6) is 0.762. The number of hydrogen-bond donors (Lipinski definition) is 1. The molecule has 0 amide bonds. The second-order valence-electron chi connectivity index (χ2n) is 2.61. The van der Waals surface area contributed by atoms with Crippen LogP contribution in [-0.2, 0) is 5.75 Å². The van der Waals surface area contributed by atoms with Crippen molar-refractivity contribution in [3.63, 3.8) is 0 Å². The highest BCUT2D eigenvalue weighted by Crippen LogP contribution is 2.14. The third-order valence-corrected chi connectivity index (χ3v) is 2.16. The van der Waals surface area contributed by atoms with Crippen LogP contribution in [0.15, 0.2) is 30.6 Å². The molecule has 0 radical (unpaired) electrons. The predicted molar refractivity (Wildman–Crippen MR) is 52.2 cm³/mol. The molecule has 0 bridgehead atoms. The summed E-state index contributed by atoms with van der Waals surface area (Å²) >= 11 is 4.20. The Morgan fingerprint density at radius 2 is 1.83 bits per heavy atom. The summed E-state index contributed by atoms with van der Waals surface area (Å²) in [4.78, 5) is 0. The molecule has 0 saturated heterocycles. The Morgan fingerprint density at radius 3 is 2.58 bits per heavy atom. The molecule has 0 aliphatic rings. The van der Waals surface area contributed by atoms with Crippen LogP contribution >= 0.6 is 12.6 Å². The number of nitrogens with zero attached hydrogens (tertiary/aromatic N) is 2. The van der Waals surface area contributed by atoms with Crippen molar-refractivity contribution in [3.05, 3.63) is 36.2 Å². The van der Waals surface area contributed by atoms with Gasteiger partial charge in [0.2, 0.25) is 0 Å². The fourth-order valence-electron chi connectivity index (χ4n) is 1.14. The summed E-state index contributed by atoms with van der Waals surface area (Å²) in [7, 11) is 0. The molecule has 3 heteroatoms. The first-order valence-electron chi connectivity index (χ1n) is 3.70. The zero-order valence-corrected chi connectivity index (χ0v) is 7.33. The number of rotatable bonds is 1. The quantitative estimate of drug-likeness (QED) is 0.673. The van der Waals surface area contributed by atoms with Crippen LogP contribution in [0.5, 0.6) is 0 Å². The van der Waals surface area contributed by atoms with E-state index in [-0.39, 0.29) is 0 Å². The summed E-state index contributed by atoms with van der Waals surface area (Å²) in [6.45, 7) is 0. The van der Waals surface area contributed by atoms with Crippen LogP contribution in [0.2, 0.25) is 0 Å². The second kappa shape index (κ2) is 3.11. The maximum absolute atomic E-state index is 4.20. The third-order valence-electron chi connectivity index (χ3n) is 1.79. The molecule has 60 valence electrons. The van der Waals surface area contributed by atoms with Crippen molar-refractivity contribution in [1.82, 2.24) is 10.2 Å². The van der Waals surface area contributed by atoms with Crippen molar-refractivity contribution < 1.29 is 0 Å². The number of fused-ring (bicyclic) bond motifs is 1. The summed E-state index contributed by atoms with van der Waals surface area (Å²) in [6.07, 6.45) is 3.53. The number of benzene rings is 1. The van der Waals surface area contributed by atoms with Crippen LogP contribution in [0.1, 0.15) is 5.56 Å². The van der Waals surface area contributed by atoms with Crippen molar-refractivity contribution in [1.29, 1.82) is 0 Å². The third kappa shape index (κ3) is 1.28. The first-order valence-corrected chi connectivity index (χ1v) is 4.33. The van der Waals surface area contributed by atoms with Gasteiger partial charge in [-0.2, -0.15) is 22.8 Å². The van der Waals surface area contributed by atoms with E-state index in [0.717, 1.165) is 16.5 Å². The van der Waals surface area contributed by atoms with Gasteiger partial charge >= 0.3 is 0 Å². The van der Waals surface area contributed by atoms with Crippen LogP contribution < -0.4 is 0 Å². The van der Waals surface area contributed by atoms with Crippen molar-refractivity contribution in [2.75, 3.05) is 0 Å². The maximum Gasteiger partial charge on any atom is 0.0574 e. The molecule has 0 unspecified atom stereocenters. The molecule has 2 aromatic rings. The van der Waals surface area contributed by atoms with E-state index < -0.39 is 0 Å². The van der Waals surface area contributed by atoms with Gasteiger partial charge in [-0.1, -0.05) is 12.1 Å². The summed E-state index contributed by atoms with van der Waals surface area (Å²) in [6, 6.07) is 6.17. The van der Waals surface area contributed by atoms with Crippen molar-refractivity contribution in [2.45, 2.75) is 5.75 Å². The fraction of sp³-hybridized carbons (Fsp3) is 0.111. The molecule has 0 N–H and O–H groups in total. The smallest absolute Gasteiger partial charge is 0.0574 e. The summed E-state index contributed by atoms with van der Waals surface area (Å²) < 4.78 is 0. The second-order valence-corrected chi connectivity index (χ2v) is 2.93. The normalized spacial score (nSPS) is 10.4. The van der Waals surface area contributed by atoms with Gasteiger partial charge in [-0.3, -0.25) is 0 Å². The molecular formula is C9H8N2S. The van der Waals surface area contributed by atoms with E-state index in [1.54, 1.807) is 12.4 Å². The van der Waals surface area contributed by atoms with Gasteiger partial charge in [0, 0.05) is 16.5 Å². The van der Waals surface area contributed by atoms with Gasteiger partial charge in [-0.25, -0.2) is 0 Å². The van der Waals surface area contributed by atoms with Gasteiger partial charge < -0.3 is 0 Å². The molecule has 2 nitrogen and oxygen atoms in total. The van der Waals surface area contributed by atoms with Crippen LogP contribution in [0.3, 0.4) is 0 Å². The Hall–Kier alpha value is -1.09. The van der Waals surface area contributed by atoms with Crippen molar-refractivity contribution in [3.8, 4) is 0 Å². The van der Waals surface area contributed by atoms with E-state index >= 15 is 0 Å². The lowest BCUT2D eigenvalue weighted by Crippen LogP contribution is -1.82. The summed E-state index contributed by atoms with van der Waals surface area (Å²) in [5.41, 5.74) is 1.21. The molecule has 0 spiro atoms. The molecule has 1 aromatic carbocycles. The predicted octanol–water partition coefficient (Wildman–Crippen LogP) is 2.06. The Kier molecular flexibility index (Phi) is 1.96. The number of aromatic nitrogens is 2. The molecular weight excluding hydrogens is 168 g/mol. The van der Waals surface area contributed by atoms with Crippen LogP contribution in [0.4, 0.5) is 0 Å². The zero-order chi connectivity index (χ0) is 8.39. The Bertz CT molecular complexity index is 400. The average molecular weight is 176 g/mol. The first kappa shape index (κ1) is 7.55. The van der Waals surface area contributed by atoms with E-state index in [9.17, 15) is 0 Å². The molecule has 0 aliphatic heterocycles. The van der Waals surface area contributed by atoms with E-state index in [1.165, 1.54) is 5.56 Å². The molecule has 1 heterocycles. The molecule has 0 atom stereocenters. The monoisotopic (exact) mass is 176 g/mol. The van der Waals surface area contributed by atoms with Gasteiger partial charge in [-0.05, 0) is 11.6 Å². The molecule has 12 heavy (non-hydrogen) atoms. The lowest BCUT2D eigenvalue weighted by atomic mass is 10.1. The van der Waals surface area contributed by atoms with Gasteiger partial charge in [0.05, 0.1) is 12.4 Å². The zero-order valence-electron chi connectivity index (χ0n) is 6.44. The Labute approximate surface area is 76.0 Å². The van der Waals surface area contributed by atoms with Crippen LogP contribution in [-0.4, -0.2) is 10.2 Å². The Morgan fingerprint density at radius 1 is 1.08 bits per heavy atom. The Balaban J connectivity index is 2.67. The van der Waals surface area contributed by atoms with E-state index in [4.69, 9.17) is 0 Å². The molecule has 0 fully saturated rings. The number of thiol groups is 1. The maximum atomic E-state index is 4.20. The van der Waals surface area contributed by atoms with Crippen molar-refractivity contribution in [2.24, 2.45) is 0 Å². The minimum Gasteiger partial charge on any atom is -0.175 e. The molecule has 0 aliphatic carbocycles. The highest BCUT2D eigenvalue weighted by molar-refractivity contribution is 7.79. The van der Waals surface area contributed by atoms with E-state index in [2.05, 4.69) is 35.0 Å². The van der Waals surface area contributed by atoms with Gasteiger partial charge in [0.25, 0.3) is 0 Å². The standard InChI is InChI=1S/C9H8N2S/c12-6-7-1-2-8-4-10-11-5-9(8)3-7/h1-5,12H,6H2. The van der Waals surface area contributed by atoms with Crippen molar-refractivity contribution >= 4 is 23.4 Å². The lowest BCUT2D eigenvalue weighted by Gasteiger charge is -1.98. The largest absolute Gasteiger partial charge is 0.175 e. The fourth-order valence-corrected chi connectivity index (χ4v) is 1.34. The minimum absolute atomic E-state index is 0.762. The minimum atomic E-state index is 0.762. The lowest BCUT2D eigenvalue weighted by molar-refractivity contribution is 1.05. The van der Waals surface area contributed by atoms with Crippen LogP contribution in [0, 0.1) is 0 Å². The average Bonchev–Trinajstić information content (AvgIpc) is 2.17. The van der Waals surface area contributed by atoms with Gasteiger partial charge in [-0.15, -0.1) is 0 Å². The highest BCUT2D eigenvalue weighted by Gasteiger charge is 1.94. The van der Waals surface area contributed by atoms with E-state index in [0.29, 0.717) is 0 Å². The molecule has 0 saturated carbocycles. The first-order chi connectivity index (χ1) is 5.90.